The Morgan fingerprint density at radius 2 is 1.79 bits per heavy atom. The van der Waals surface area contributed by atoms with Gasteiger partial charge in [-0.05, 0) is 90.5 Å². The van der Waals surface area contributed by atoms with E-state index in [1.165, 1.54) is 40.9 Å². The summed E-state index contributed by atoms with van der Waals surface area (Å²) in [5.41, 5.74) is 0.417. The third-order valence-electron chi connectivity index (χ3n) is 6.11. The molecule has 3 heterocycles. The first-order chi connectivity index (χ1) is 14.0. The molecule has 1 unspecified atom stereocenters. The van der Waals surface area contributed by atoms with Crippen LogP contribution in [0, 0.1) is 0 Å². The lowest BCUT2D eigenvalue weighted by Gasteiger charge is -2.41. The summed E-state index contributed by atoms with van der Waals surface area (Å²) >= 11 is 1.64. The van der Waals surface area contributed by atoms with E-state index in [9.17, 15) is 13.2 Å². The highest BCUT2D eigenvalue weighted by Gasteiger charge is 2.33. The van der Waals surface area contributed by atoms with Gasteiger partial charge in [-0.25, -0.2) is 0 Å². The van der Waals surface area contributed by atoms with Gasteiger partial charge in [0.2, 0.25) is 0 Å². The zero-order valence-electron chi connectivity index (χ0n) is 16.0. The smallest absolute Gasteiger partial charge is 0.296 e. The van der Waals surface area contributed by atoms with Crippen LogP contribution < -0.4 is 0 Å². The summed E-state index contributed by atoms with van der Waals surface area (Å²) in [4.78, 5) is 5.10. The summed E-state index contributed by atoms with van der Waals surface area (Å²) in [7, 11) is 0. The van der Waals surface area contributed by atoms with Gasteiger partial charge in [0.15, 0.2) is 0 Å². The molecule has 2 saturated heterocycles. The van der Waals surface area contributed by atoms with Crippen LogP contribution in [0.5, 0.6) is 0 Å². The Bertz CT molecular complexity index is 967. The van der Waals surface area contributed by atoms with Gasteiger partial charge in [-0.1, -0.05) is 36.4 Å². The van der Waals surface area contributed by atoms with E-state index in [1.807, 2.05) is 18.2 Å². The second-order valence-corrected chi connectivity index (χ2v) is 10.2. The van der Waals surface area contributed by atoms with Gasteiger partial charge in [0.25, 0.3) is 0 Å². The van der Waals surface area contributed by atoms with Crippen molar-refractivity contribution in [1.82, 2.24) is 4.90 Å². The zero-order chi connectivity index (χ0) is 20.0. The Balaban J connectivity index is 1.61. The Labute approximate surface area is 177 Å². The molecule has 1 nitrogen and oxygen atoms in total. The predicted octanol–water partition coefficient (Wildman–Crippen LogP) is 7.21. The third-order valence-corrected chi connectivity index (χ3v) is 7.98. The van der Waals surface area contributed by atoms with Gasteiger partial charge in [0.1, 0.15) is 0 Å². The average molecular weight is 434 g/mol. The SMILES string of the molecule is FC(F)(F)Sc1ccc2c(c1)C(=C1CCC3CCCCN3C1)c1ccccc1S2. The van der Waals surface area contributed by atoms with Crippen LogP contribution in [-0.2, 0) is 0 Å². The molecule has 0 aliphatic carbocycles. The highest BCUT2D eigenvalue weighted by molar-refractivity contribution is 8.00. The predicted molar refractivity (Wildman–Crippen MR) is 113 cm³/mol. The van der Waals surface area contributed by atoms with Crippen LogP contribution in [-0.4, -0.2) is 29.5 Å². The monoisotopic (exact) mass is 433 g/mol. The van der Waals surface area contributed by atoms with Gasteiger partial charge in [0.05, 0.1) is 0 Å². The van der Waals surface area contributed by atoms with Gasteiger partial charge in [0, 0.05) is 27.3 Å². The van der Waals surface area contributed by atoms with Crippen molar-refractivity contribution in [2.45, 2.75) is 58.3 Å². The number of hydrogen-bond donors (Lipinski definition) is 0. The van der Waals surface area contributed by atoms with Crippen molar-refractivity contribution in [1.29, 1.82) is 0 Å². The number of rotatable bonds is 1. The Morgan fingerprint density at radius 3 is 2.66 bits per heavy atom. The van der Waals surface area contributed by atoms with Gasteiger partial charge in [-0.15, -0.1) is 0 Å². The fraction of sp³-hybridized carbons (Fsp3) is 0.391. The molecule has 0 aromatic heterocycles. The molecular formula is C23H22F3NS2. The Hall–Kier alpha value is -1.37. The van der Waals surface area contributed by atoms with E-state index < -0.39 is 5.51 Å². The van der Waals surface area contributed by atoms with E-state index in [2.05, 4.69) is 17.0 Å². The van der Waals surface area contributed by atoms with Crippen molar-refractivity contribution < 1.29 is 13.2 Å². The maximum absolute atomic E-state index is 13.0. The summed E-state index contributed by atoms with van der Waals surface area (Å²) in [5.74, 6) is 0. The summed E-state index contributed by atoms with van der Waals surface area (Å²) in [6.07, 6.45) is 6.02. The largest absolute Gasteiger partial charge is 0.446 e. The van der Waals surface area contributed by atoms with E-state index in [-0.39, 0.29) is 16.7 Å². The molecule has 2 fully saturated rings. The molecule has 0 saturated carbocycles. The van der Waals surface area contributed by atoms with Crippen LogP contribution in [0.25, 0.3) is 5.57 Å². The number of fused-ring (bicyclic) bond motifs is 3. The summed E-state index contributed by atoms with van der Waals surface area (Å²) in [5, 5.41) is 0. The van der Waals surface area contributed by atoms with Crippen molar-refractivity contribution in [2.24, 2.45) is 0 Å². The molecule has 0 N–H and O–H groups in total. The number of benzene rings is 2. The summed E-state index contributed by atoms with van der Waals surface area (Å²) in [6, 6.07) is 14.2. The van der Waals surface area contributed by atoms with Crippen molar-refractivity contribution in [3.63, 3.8) is 0 Å². The highest BCUT2D eigenvalue weighted by Crippen LogP contribution is 2.49. The highest BCUT2D eigenvalue weighted by atomic mass is 32.2. The lowest BCUT2D eigenvalue weighted by atomic mass is 9.84. The molecular weight excluding hydrogens is 411 g/mol. The topological polar surface area (TPSA) is 3.24 Å². The van der Waals surface area contributed by atoms with Crippen LogP contribution in [0.2, 0.25) is 0 Å². The van der Waals surface area contributed by atoms with E-state index >= 15 is 0 Å². The van der Waals surface area contributed by atoms with Crippen LogP contribution in [0.4, 0.5) is 13.2 Å². The number of alkyl halides is 3. The molecule has 0 radical (unpaired) electrons. The number of halogens is 3. The minimum atomic E-state index is -4.27. The Kier molecular flexibility index (Phi) is 5.21. The average Bonchev–Trinajstić information content (AvgIpc) is 2.70. The fourth-order valence-electron chi connectivity index (χ4n) is 4.86. The molecule has 5 rings (SSSR count). The fourth-order valence-corrected chi connectivity index (χ4v) is 6.51. The molecule has 1 atom stereocenters. The first-order valence-electron chi connectivity index (χ1n) is 10.1. The number of nitrogens with zero attached hydrogens (tertiary/aromatic N) is 1. The summed E-state index contributed by atoms with van der Waals surface area (Å²) in [6.45, 7) is 2.07. The molecule has 3 aliphatic rings. The quantitative estimate of drug-likeness (QED) is 0.373. The molecule has 29 heavy (non-hydrogen) atoms. The lowest BCUT2D eigenvalue weighted by Crippen LogP contribution is -2.43. The summed E-state index contributed by atoms with van der Waals surface area (Å²) < 4.78 is 39.0. The maximum atomic E-state index is 13.0. The molecule has 152 valence electrons. The third kappa shape index (κ3) is 3.99. The van der Waals surface area contributed by atoms with E-state index in [4.69, 9.17) is 0 Å². The van der Waals surface area contributed by atoms with Crippen LogP contribution in [0.15, 0.2) is 62.7 Å². The van der Waals surface area contributed by atoms with Crippen molar-refractivity contribution >= 4 is 29.1 Å². The van der Waals surface area contributed by atoms with Gasteiger partial charge >= 0.3 is 5.51 Å². The van der Waals surface area contributed by atoms with Gasteiger partial charge in [-0.2, -0.15) is 13.2 Å². The van der Waals surface area contributed by atoms with E-state index in [0.29, 0.717) is 6.04 Å². The van der Waals surface area contributed by atoms with Crippen LogP contribution in [0.1, 0.15) is 43.2 Å². The second kappa shape index (κ2) is 7.71. The molecule has 2 aromatic rings. The molecule has 2 aromatic carbocycles. The molecule has 0 bridgehead atoms. The van der Waals surface area contributed by atoms with Crippen LogP contribution >= 0.6 is 23.5 Å². The zero-order valence-corrected chi connectivity index (χ0v) is 17.6. The normalized spacial score (nSPS) is 24.6. The lowest BCUT2D eigenvalue weighted by molar-refractivity contribution is -0.0328. The molecule has 0 spiro atoms. The minimum Gasteiger partial charge on any atom is -0.296 e. The van der Waals surface area contributed by atoms with Crippen molar-refractivity contribution in [3.8, 4) is 0 Å². The second-order valence-electron chi connectivity index (χ2n) is 7.94. The van der Waals surface area contributed by atoms with Crippen molar-refractivity contribution in [3.05, 3.63) is 59.2 Å². The number of piperidine rings is 2. The minimum absolute atomic E-state index is 0.0205. The van der Waals surface area contributed by atoms with Gasteiger partial charge in [-0.3, -0.25) is 4.90 Å². The van der Waals surface area contributed by atoms with Crippen LogP contribution in [0.3, 0.4) is 0 Å². The van der Waals surface area contributed by atoms with E-state index in [1.54, 1.807) is 23.9 Å². The maximum Gasteiger partial charge on any atom is 0.446 e. The molecule has 3 aliphatic heterocycles. The van der Waals surface area contributed by atoms with E-state index in [0.717, 1.165) is 36.4 Å². The Morgan fingerprint density at radius 1 is 0.966 bits per heavy atom. The molecule has 6 heteroatoms. The van der Waals surface area contributed by atoms with Crippen molar-refractivity contribution in [2.75, 3.05) is 13.1 Å². The number of thioether (sulfide) groups is 1. The standard InChI is InChI=1S/C23H22F3NS2/c24-23(25,26)29-17-10-11-21-19(13-17)22(18-6-1-2-7-20(18)28-21)15-8-9-16-5-3-4-12-27(16)14-15/h1-2,6-7,10-11,13,16H,3-5,8-9,12,14H2. The number of hydrogen-bond acceptors (Lipinski definition) is 3. The first kappa shape index (κ1) is 19.6. The van der Waals surface area contributed by atoms with Gasteiger partial charge < -0.3 is 0 Å². The first-order valence-corrected chi connectivity index (χ1v) is 11.7. The molecule has 0 amide bonds.